The lowest BCUT2D eigenvalue weighted by atomic mass is 10.1. The van der Waals surface area contributed by atoms with Crippen LogP contribution in [0.25, 0.3) is 0 Å². The summed E-state index contributed by atoms with van der Waals surface area (Å²) in [5.74, 6) is 1.85. The van der Waals surface area contributed by atoms with E-state index in [2.05, 4.69) is 34.8 Å². The van der Waals surface area contributed by atoms with E-state index in [1.807, 2.05) is 61.5 Å². The van der Waals surface area contributed by atoms with E-state index < -0.39 is 0 Å². The summed E-state index contributed by atoms with van der Waals surface area (Å²) in [5.41, 5.74) is 2.18. The second kappa shape index (κ2) is 11.7. The standard InChI is InChI=1S/C23H32N4O2/c1-17(2)16-29-21-12-10-20(11-13-21)18(3)27-23(24-4)26-15-22(28)25-14-19-8-6-5-7-9-19/h5-13,17-18H,14-16H2,1-4H3,(H,25,28)(H2,24,26,27). The molecule has 0 aliphatic rings. The molecule has 0 bridgehead atoms. The quantitative estimate of drug-likeness (QED) is 0.449. The summed E-state index contributed by atoms with van der Waals surface area (Å²) >= 11 is 0. The average Bonchev–Trinajstić information content (AvgIpc) is 2.74. The van der Waals surface area contributed by atoms with E-state index in [-0.39, 0.29) is 18.5 Å². The second-order valence-electron chi connectivity index (χ2n) is 7.33. The molecule has 0 saturated carbocycles. The molecule has 2 rings (SSSR count). The van der Waals surface area contributed by atoms with Crippen LogP contribution in [-0.2, 0) is 11.3 Å². The normalized spacial score (nSPS) is 12.4. The van der Waals surface area contributed by atoms with Gasteiger partial charge < -0.3 is 20.7 Å². The third kappa shape index (κ3) is 8.25. The van der Waals surface area contributed by atoms with Crippen LogP contribution in [0.5, 0.6) is 5.75 Å². The number of guanidine groups is 1. The second-order valence-corrected chi connectivity index (χ2v) is 7.33. The molecule has 0 saturated heterocycles. The van der Waals surface area contributed by atoms with E-state index in [1.165, 1.54) is 0 Å². The molecule has 0 radical (unpaired) electrons. The molecule has 3 N–H and O–H groups in total. The van der Waals surface area contributed by atoms with Crippen molar-refractivity contribution in [2.45, 2.75) is 33.4 Å². The number of carbonyl (C=O) groups is 1. The van der Waals surface area contributed by atoms with Crippen molar-refractivity contribution < 1.29 is 9.53 Å². The number of nitrogens with one attached hydrogen (secondary N) is 3. The Kier molecular flexibility index (Phi) is 9.02. The number of benzene rings is 2. The molecule has 2 aromatic rings. The third-order valence-electron chi connectivity index (χ3n) is 4.29. The summed E-state index contributed by atoms with van der Waals surface area (Å²) < 4.78 is 5.72. The first-order valence-electron chi connectivity index (χ1n) is 9.98. The van der Waals surface area contributed by atoms with Gasteiger partial charge in [0.1, 0.15) is 5.75 Å². The van der Waals surface area contributed by atoms with Gasteiger partial charge in [-0.2, -0.15) is 0 Å². The summed E-state index contributed by atoms with van der Waals surface area (Å²) in [4.78, 5) is 16.3. The lowest BCUT2D eigenvalue weighted by Crippen LogP contribution is -2.43. The van der Waals surface area contributed by atoms with Crippen LogP contribution >= 0.6 is 0 Å². The number of amides is 1. The fraction of sp³-hybridized carbons (Fsp3) is 0.391. The molecule has 156 valence electrons. The minimum absolute atomic E-state index is 0.0349. The molecule has 0 aromatic heterocycles. The zero-order valence-corrected chi connectivity index (χ0v) is 17.7. The largest absolute Gasteiger partial charge is 0.493 e. The van der Waals surface area contributed by atoms with Crippen molar-refractivity contribution >= 4 is 11.9 Å². The lowest BCUT2D eigenvalue weighted by Gasteiger charge is -2.18. The average molecular weight is 397 g/mol. The molecule has 6 nitrogen and oxygen atoms in total. The van der Waals surface area contributed by atoms with E-state index in [1.54, 1.807) is 7.05 Å². The molecule has 0 aliphatic heterocycles. The lowest BCUT2D eigenvalue weighted by molar-refractivity contribution is -0.120. The van der Waals surface area contributed by atoms with Gasteiger partial charge in [0.25, 0.3) is 0 Å². The van der Waals surface area contributed by atoms with Crippen molar-refractivity contribution in [1.82, 2.24) is 16.0 Å². The van der Waals surface area contributed by atoms with Gasteiger partial charge in [-0.05, 0) is 36.1 Å². The molecule has 0 fully saturated rings. The highest BCUT2D eigenvalue weighted by atomic mass is 16.5. The van der Waals surface area contributed by atoms with Crippen LogP contribution in [0.4, 0.5) is 0 Å². The van der Waals surface area contributed by atoms with Crippen LogP contribution in [0.15, 0.2) is 59.6 Å². The number of hydrogen-bond donors (Lipinski definition) is 3. The van der Waals surface area contributed by atoms with Crippen LogP contribution in [0.3, 0.4) is 0 Å². The number of hydrogen-bond acceptors (Lipinski definition) is 3. The number of aliphatic imine (C=N–C) groups is 1. The highest BCUT2D eigenvalue weighted by Gasteiger charge is 2.09. The zero-order valence-electron chi connectivity index (χ0n) is 17.7. The van der Waals surface area contributed by atoms with Gasteiger partial charge in [-0.1, -0.05) is 56.3 Å². The Balaban J connectivity index is 1.77. The van der Waals surface area contributed by atoms with Crippen molar-refractivity contribution in [2.75, 3.05) is 20.2 Å². The first-order valence-corrected chi connectivity index (χ1v) is 9.98. The van der Waals surface area contributed by atoms with Crippen LogP contribution < -0.4 is 20.7 Å². The van der Waals surface area contributed by atoms with E-state index in [0.717, 1.165) is 16.9 Å². The van der Waals surface area contributed by atoms with E-state index in [4.69, 9.17) is 4.74 Å². The fourth-order valence-corrected chi connectivity index (χ4v) is 2.62. The SMILES string of the molecule is CN=C(NCC(=O)NCc1ccccc1)NC(C)c1ccc(OCC(C)C)cc1. The Hall–Kier alpha value is -3.02. The van der Waals surface area contributed by atoms with Crippen LogP contribution in [0.1, 0.15) is 37.9 Å². The maximum Gasteiger partial charge on any atom is 0.239 e. The van der Waals surface area contributed by atoms with Crippen molar-refractivity contribution in [1.29, 1.82) is 0 Å². The number of nitrogens with zero attached hydrogens (tertiary/aromatic N) is 1. The van der Waals surface area contributed by atoms with E-state index in [0.29, 0.717) is 25.0 Å². The maximum atomic E-state index is 12.1. The molecule has 1 unspecified atom stereocenters. The Morgan fingerprint density at radius 1 is 1.00 bits per heavy atom. The Labute approximate surface area is 173 Å². The molecular weight excluding hydrogens is 364 g/mol. The summed E-state index contributed by atoms with van der Waals surface area (Å²) in [5, 5.41) is 9.24. The molecule has 6 heteroatoms. The topological polar surface area (TPSA) is 74.8 Å². The van der Waals surface area contributed by atoms with Gasteiger partial charge in [-0.15, -0.1) is 0 Å². The summed E-state index contributed by atoms with van der Waals surface area (Å²) in [6.07, 6.45) is 0. The predicted molar refractivity (Wildman–Crippen MR) is 118 cm³/mol. The molecule has 0 heterocycles. The maximum absolute atomic E-state index is 12.1. The van der Waals surface area contributed by atoms with Gasteiger partial charge in [0.05, 0.1) is 19.2 Å². The number of rotatable bonds is 9. The molecule has 2 aromatic carbocycles. The highest BCUT2D eigenvalue weighted by molar-refractivity contribution is 5.86. The van der Waals surface area contributed by atoms with Crippen LogP contribution in [0, 0.1) is 5.92 Å². The van der Waals surface area contributed by atoms with Crippen molar-refractivity contribution in [3.63, 3.8) is 0 Å². The van der Waals surface area contributed by atoms with E-state index in [9.17, 15) is 4.79 Å². The molecule has 0 aliphatic carbocycles. The van der Waals surface area contributed by atoms with Gasteiger partial charge in [-0.25, -0.2) is 0 Å². The van der Waals surface area contributed by atoms with Gasteiger partial charge in [0.2, 0.25) is 5.91 Å². The Morgan fingerprint density at radius 2 is 1.69 bits per heavy atom. The Morgan fingerprint density at radius 3 is 2.31 bits per heavy atom. The first-order chi connectivity index (χ1) is 14.0. The van der Waals surface area contributed by atoms with Crippen molar-refractivity contribution in [3.05, 3.63) is 65.7 Å². The van der Waals surface area contributed by atoms with Gasteiger partial charge in [0.15, 0.2) is 5.96 Å². The fourth-order valence-electron chi connectivity index (χ4n) is 2.62. The highest BCUT2D eigenvalue weighted by Crippen LogP contribution is 2.18. The van der Waals surface area contributed by atoms with E-state index >= 15 is 0 Å². The van der Waals surface area contributed by atoms with Gasteiger partial charge >= 0.3 is 0 Å². The molecule has 0 spiro atoms. The molecule has 1 amide bonds. The monoisotopic (exact) mass is 396 g/mol. The van der Waals surface area contributed by atoms with Gasteiger partial charge in [-0.3, -0.25) is 9.79 Å². The Bertz CT molecular complexity index is 773. The molecule has 29 heavy (non-hydrogen) atoms. The minimum Gasteiger partial charge on any atom is -0.493 e. The van der Waals surface area contributed by atoms with Crippen LogP contribution in [-0.4, -0.2) is 32.1 Å². The molecule has 1 atom stereocenters. The predicted octanol–water partition coefficient (Wildman–Crippen LogP) is 3.26. The first kappa shape index (κ1) is 22.3. The third-order valence-corrected chi connectivity index (χ3v) is 4.29. The zero-order chi connectivity index (χ0) is 21.1. The van der Waals surface area contributed by atoms with Crippen LogP contribution in [0.2, 0.25) is 0 Å². The summed E-state index contributed by atoms with van der Waals surface area (Å²) in [6, 6.07) is 17.9. The van der Waals surface area contributed by atoms with Gasteiger partial charge in [0, 0.05) is 13.6 Å². The number of ether oxygens (including phenoxy) is 1. The summed E-state index contributed by atoms with van der Waals surface area (Å²) in [7, 11) is 1.69. The minimum atomic E-state index is -0.0869. The smallest absolute Gasteiger partial charge is 0.239 e. The number of carbonyl (C=O) groups excluding carboxylic acids is 1. The van der Waals surface area contributed by atoms with Crippen molar-refractivity contribution in [2.24, 2.45) is 10.9 Å². The molecular formula is C23H32N4O2. The summed E-state index contributed by atoms with van der Waals surface area (Å²) in [6.45, 7) is 7.67. The van der Waals surface area contributed by atoms with Crippen molar-refractivity contribution in [3.8, 4) is 5.75 Å².